The molecule has 1 aliphatic carbocycles. The smallest absolute Gasteiger partial charge is 0.264 e. The van der Waals surface area contributed by atoms with Crippen molar-refractivity contribution in [2.24, 2.45) is 0 Å². The number of para-hydroxylation sites is 1. The van der Waals surface area contributed by atoms with Crippen LogP contribution in [0.25, 0.3) is 0 Å². The molecule has 4 aromatic carbocycles. The molecule has 7 nitrogen and oxygen atoms in total. The van der Waals surface area contributed by atoms with Crippen LogP contribution in [0, 0.1) is 6.92 Å². The summed E-state index contributed by atoms with van der Waals surface area (Å²) in [6, 6.07) is 32.2. The molecule has 2 amide bonds. The van der Waals surface area contributed by atoms with E-state index in [-0.39, 0.29) is 23.4 Å². The Bertz CT molecular complexity index is 1700. The Balaban J connectivity index is 1.58. The van der Waals surface area contributed by atoms with E-state index in [1.807, 2.05) is 80.6 Å². The van der Waals surface area contributed by atoms with E-state index in [2.05, 4.69) is 5.32 Å². The third-order valence-corrected chi connectivity index (χ3v) is 10.5. The molecule has 0 radical (unpaired) electrons. The van der Waals surface area contributed by atoms with Crippen LogP contribution in [-0.2, 0) is 39.0 Å². The van der Waals surface area contributed by atoms with Gasteiger partial charge in [0, 0.05) is 19.0 Å². The van der Waals surface area contributed by atoms with Crippen LogP contribution in [0.5, 0.6) is 0 Å². The van der Waals surface area contributed by atoms with Gasteiger partial charge in [0.1, 0.15) is 12.6 Å². The third kappa shape index (κ3) is 8.04. The average molecular weight is 638 g/mol. The molecule has 0 bridgehead atoms. The molecule has 5 rings (SSSR count). The number of hydrogen-bond acceptors (Lipinski definition) is 4. The first-order chi connectivity index (χ1) is 22.3. The molecule has 0 spiro atoms. The lowest BCUT2D eigenvalue weighted by Gasteiger charge is -2.34. The number of carbonyl (C=O) groups is 2. The summed E-state index contributed by atoms with van der Waals surface area (Å²) < 4.78 is 29.7. The molecule has 8 heteroatoms. The van der Waals surface area contributed by atoms with Crippen molar-refractivity contribution < 1.29 is 18.0 Å². The van der Waals surface area contributed by atoms with Crippen LogP contribution in [0.2, 0.25) is 0 Å². The molecule has 240 valence electrons. The topological polar surface area (TPSA) is 86.8 Å². The maximum atomic E-state index is 14.7. The van der Waals surface area contributed by atoms with Crippen molar-refractivity contribution in [3.63, 3.8) is 0 Å². The predicted molar refractivity (Wildman–Crippen MR) is 183 cm³/mol. The number of nitrogens with zero attached hydrogens (tertiary/aromatic N) is 2. The van der Waals surface area contributed by atoms with E-state index in [1.54, 1.807) is 47.4 Å². The molecule has 0 aromatic heterocycles. The molecule has 0 aliphatic heterocycles. The normalized spacial score (nSPS) is 14.0. The van der Waals surface area contributed by atoms with Gasteiger partial charge in [0.25, 0.3) is 10.0 Å². The average Bonchev–Trinajstić information content (AvgIpc) is 3.59. The molecule has 1 atom stereocenters. The first-order valence-corrected chi connectivity index (χ1v) is 17.5. The Kier molecular flexibility index (Phi) is 10.9. The molecule has 0 unspecified atom stereocenters. The zero-order valence-electron chi connectivity index (χ0n) is 26.6. The summed E-state index contributed by atoms with van der Waals surface area (Å²) in [4.78, 5) is 30.5. The van der Waals surface area contributed by atoms with Gasteiger partial charge in [0.05, 0.1) is 10.6 Å². The highest BCUT2D eigenvalue weighted by molar-refractivity contribution is 7.92. The van der Waals surface area contributed by atoms with E-state index < -0.39 is 28.5 Å². The second-order valence-electron chi connectivity index (χ2n) is 12.0. The Labute approximate surface area is 273 Å². The molecule has 0 saturated heterocycles. The number of nitrogens with one attached hydrogen (secondary N) is 1. The summed E-state index contributed by atoms with van der Waals surface area (Å²) >= 11 is 0. The number of rotatable bonds is 13. The summed E-state index contributed by atoms with van der Waals surface area (Å²) in [6.07, 6.45) is 4.82. The summed E-state index contributed by atoms with van der Waals surface area (Å²) in [5, 5.41) is 3.22. The number of hydrogen-bond donors (Lipinski definition) is 1. The fourth-order valence-electron chi connectivity index (χ4n) is 6.10. The quantitative estimate of drug-likeness (QED) is 0.183. The lowest BCUT2D eigenvalue weighted by Crippen LogP contribution is -2.54. The van der Waals surface area contributed by atoms with Crippen LogP contribution in [0.4, 0.5) is 5.69 Å². The van der Waals surface area contributed by atoms with E-state index in [0.29, 0.717) is 18.5 Å². The lowest BCUT2D eigenvalue weighted by atomic mass is 10.0. The van der Waals surface area contributed by atoms with Gasteiger partial charge < -0.3 is 10.2 Å². The van der Waals surface area contributed by atoms with Crippen molar-refractivity contribution in [2.45, 2.75) is 75.9 Å². The van der Waals surface area contributed by atoms with Gasteiger partial charge in [0.2, 0.25) is 11.8 Å². The van der Waals surface area contributed by atoms with E-state index in [9.17, 15) is 18.0 Å². The van der Waals surface area contributed by atoms with Crippen LogP contribution < -0.4 is 9.62 Å². The number of sulfonamides is 1. The molecule has 1 aliphatic rings. The van der Waals surface area contributed by atoms with Gasteiger partial charge in [-0.3, -0.25) is 13.9 Å². The second-order valence-corrected chi connectivity index (χ2v) is 13.9. The number of benzene rings is 4. The standard InChI is InChI=1S/C38H43N3O4S/c1-3-32-16-10-13-21-35(32)41(46(44,45)34-19-8-5-9-20-34)28-37(42)40(27-31-24-22-29(2)23-25-31)36(26-30-14-6-4-7-15-30)38(43)39-33-17-11-12-18-33/h4-10,13-16,19-25,33,36H,3,11-12,17-18,26-28H2,1-2H3,(H,39,43)/t36-/m0/s1. The van der Waals surface area contributed by atoms with Gasteiger partial charge >= 0.3 is 0 Å². The Morgan fingerprint density at radius 3 is 2.07 bits per heavy atom. The van der Waals surface area contributed by atoms with Gasteiger partial charge in [-0.2, -0.15) is 0 Å². The summed E-state index contributed by atoms with van der Waals surface area (Å²) in [7, 11) is -4.13. The van der Waals surface area contributed by atoms with E-state index in [1.165, 1.54) is 4.31 Å². The van der Waals surface area contributed by atoms with E-state index >= 15 is 0 Å². The minimum Gasteiger partial charge on any atom is -0.352 e. The number of anilines is 1. The zero-order valence-corrected chi connectivity index (χ0v) is 27.5. The van der Waals surface area contributed by atoms with Gasteiger partial charge in [-0.1, -0.05) is 116 Å². The van der Waals surface area contributed by atoms with Crippen LogP contribution in [0.3, 0.4) is 0 Å². The molecule has 0 heterocycles. The van der Waals surface area contributed by atoms with Gasteiger partial charge in [-0.25, -0.2) is 8.42 Å². The summed E-state index contributed by atoms with van der Waals surface area (Å²) in [5.74, 6) is -0.670. The fraction of sp³-hybridized carbons (Fsp3) is 0.316. The molecule has 1 N–H and O–H groups in total. The molecular formula is C38H43N3O4S. The molecule has 4 aromatic rings. The van der Waals surface area contributed by atoms with E-state index in [4.69, 9.17) is 0 Å². The van der Waals surface area contributed by atoms with Gasteiger partial charge in [-0.15, -0.1) is 0 Å². The Morgan fingerprint density at radius 2 is 1.41 bits per heavy atom. The van der Waals surface area contributed by atoms with Crippen molar-refractivity contribution >= 4 is 27.5 Å². The van der Waals surface area contributed by atoms with Gasteiger partial charge in [0.15, 0.2) is 0 Å². The Morgan fingerprint density at radius 1 is 0.804 bits per heavy atom. The molecule has 46 heavy (non-hydrogen) atoms. The maximum Gasteiger partial charge on any atom is 0.264 e. The second kappa shape index (κ2) is 15.2. The molecule has 1 fully saturated rings. The summed E-state index contributed by atoms with van der Waals surface area (Å²) in [5.41, 5.74) is 4.11. The number of amides is 2. The highest BCUT2D eigenvalue weighted by Crippen LogP contribution is 2.29. The number of carbonyl (C=O) groups excluding carboxylic acids is 2. The summed E-state index contributed by atoms with van der Waals surface area (Å²) in [6.45, 7) is 3.66. The van der Waals surface area contributed by atoms with E-state index in [0.717, 1.165) is 47.9 Å². The minimum absolute atomic E-state index is 0.0634. The first-order valence-electron chi connectivity index (χ1n) is 16.1. The third-order valence-electron chi connectivity index (χ3n) is 8.70. The highest BCUT2D eigenvalue weighted by Gasteiger charge is 2.36. The Hall–Kier alpha value is -4.43. The van der Waals surface area contributed by atoms with Crippen LogP contribution in [0.15, 0.2) is 114 Å². The monoisotopic (exact) mass is 637 g/mol. The zero-order chi connectivity index (χ0) is 32.5. The van der Waals surface area contributed by atoms with Crippen molar-refractivity contribution in [3.05, 3.63) is 131 Å². The number of aryl methyl sites for hydroxylation is 2. The molecule has 1 saturated carbocycles. The fourth-order valence-corrected chi connectivity index (χ4v) is 7.57. The van der Waals surface area contributed by atoms with Crippen molar-refractivity contribution in [1.29, 1.82) is 0 Å². The van der Waals surface area contributed by atoms with Gasteiger partial charge in [-0.05, 0) is 61.1 Å². The maximum absolute atomic E-state index is 14.7. The lowest BCUT2D eigenvalue weighted by molar-refractivity contribution is -0.140. The first kappa shape index (κ1) is 32.9. The SMILES string of the molecule is CCc1ccccc1N(CC(=O)N(Cc1ccc(C)cc1)[C@@H](Cc1ccccc1)C(=O)NC1CCCC1)S(=O)(=O)c1ccccc1. The minimum atomic E-state index is -4.13. The highest BCUT2D eigenvalue weighted by atomic mass is 32.2. The van der Waals surface area contributed by atoms with Crippen LogP contribution in [0.1, 0.15) is 54.9 Å². The molecular weight excluding hydrogens is 595 g/mol. The largest absolute Gasteiger partial charge is 0.352 e. The van der Waals surface area contributed by atoms with Crippen LogP contribution >= 0.6 is 0 Å². The predicted octanol–water partition coefficient (Wildman–Crippen LogP) is 6.45. The van der Waals surface area contributed by atoms with Crippen molar-refractivity contribution in [1.82, 2.24) is 10.2 Å². The van der Waals surface area contributed by atoms with Crippen molar-refractivity contribution in [2.75, 3.05) is 10.8 Å². The van der Waals surface area contributed by atoms with Crippen molar-refractivity contribution in [3.8, 4) is 0 Å². The van der Waals surface area contributed by atoms with Crippen LogP contribution in [-0.4, -0.2) is 43.8 Å².